The molecular formula is C16H26N2O. The Morgan fingerprint density at radius 2 is 2.00 bits per heavy atom. The van der Waals surface area contributed by atoms with Crippen molar-refractivity contribution in [1.29, 1.82) is 0 Å². The molecule has 0 heterocycles. The fourth-order valence-corrected chi connectivity index (χ4v) is 3.06. The zero-order valence-corrected chi connectivity index (χ0v) is 12.2. The summed E-state index contributed by atoms with van der Waals surface area (Å²) in [6.07, 6.45) is 6.86. The summed E-state index contributed by atoms with van der Waals surface area (Å²) in [5.74, 6) is 0.768. The van der Waals surface area contributed by atoms with E-state index >= 15 is 0 Å². The smallest absolute Gasteiger partial charge is 0.141 e. The van der Waals surface area contributed by atoms with Crippen molar-refractivity contribution < 1.29 is 4.74 Å². The van der Waals surface area contributed by atoms with Crippen molar-refractivity contribution in [3.8, 4) is 5.75 Å². The van der Waals surface area contributed by atoms with Crippen LogP contribution < -0.4 is 10.5 Å². The lowest BCUT2D eigenvalue weighted by molar-refractivity contribution is 0.156. The van der Waals surface area contributed by atoms with E-state index in [1.165, 1.54) is 37.7 Å². The van der Waals surface area contributed by atoms with Gasteiger partial charge in [0.1, 0.15) is 5.75 Å². The summed E-state index contributed by atoms with van der Waals surface area (Å²) in [6, 6.07) is 6.90. The molecule has 1 aromatic carbocycles. The minimum Gasteiger partial charge on any atom is -0.495 e. The van der Waals surface area contributed by atoms with Crippen LogP contribution in [0, 0.1) is 0 Å². The lowest BCUT2D eigenvalue weighted by Gasteiger charge is -2.33. The van der Waals surface area contributed by atoms with Gasteiger partial charge in [-0.05, 0) is 37.1 Å². The van der Waals surface area contributed by atoms with Crippen LogP contribution in [0.5, 0.6) is 5.75 Å². The van der Waals surface area contributed by atoms with Gasteiger partial charge in [0.2, 0.25) is 0 Å². The first-order chi connectivity index (χ1) is 9.24. The van der Waals surface area contributed by atoms with Crippen LogP contribution in [0.25, 0.3) is 0 Å². The van der Waals surface area contributed by atoms with Crippen LogP contribution in [-0.4, -0.2) is 24.6 Å². The van der Waals surface area contributed by atoms with Gasteiger partial charge >= 0.3 is 0 Å². The van der Waals surface area contributed by atoms with Crippen molar-refractivity contribution >= 4 is 5.69 Å². The fraction of sp³-hybridized carbons (Fsp3) is 0.625. The standard InChI is InChI=1S/C16H26N2O/c1-3-18(14-7-5-4-6-8-14)12-13-9-10-16(19-2)15(17)11-13/h9-11,14H,3-8,12,17H2,1-2H3. The van der Waals surface area contributed by atoms with Crippen LogP contribution in [0.4, 0.5) is 5.69 Å². The van der Waals surface area contributed by atoms with Crippen molar-refractivity contribution in [2.24, 2.45) is 0 Å². The van der Waals surface area contributed by atoms with Gasteiger partial charge in [-0.2, -0.15) is 0 Å². The van der Waals surface area contributed by atoms with E-state index in [9.17, 15) is 0 Å². The number of benzene rings is 1. The molecule has 1 aromatic rings. The molecule has 0 atom stereocenters. The van der Waals surface area contributed by atoms with Crippen molar-refractivity contribution in [3.63, 3.8) is 0 Å². The van der Waals surface area contributed by atoms with E-state index in [2.05, 4.69) is 17.9 Å². The molecule has 106 valence electrons. The van der Waals surface area contributed by atoms with E-state index < -0.39 is 0 Å². The Labute approximate surface area is 116 Å². The highest BCUT2D eigenvalue weighted by atomic mass is 16.5. The SMILES string of the molecule is CCN(Cc1ccc(OC)c(N)c1)C1CCCCC1. The molecule has 2 rings (SSSR count). The van der Waals surface area contributed by atoms with Gasteiger partial charge in [-0.3, -0.25) is 4.90 Å². The van der Waals surface area contributed by atoms with E-state index in [1.54, 1.807) is 7.11 Å². The molecule has 19 heavy (non-hydrogen) atoms. The molecule has 0 radical (unpaired) electrons. The Kier molecular flexibility index (Phi) is 5.08. The van der Waals surface area contributed by atoms with Crippen LogP contribution in [-0.2, 0) is 6.54 Å². The third kappa shape index (κ3) is 3.63. The van der Waals surface area contributed by atoms with Gasteiger partial charge in [-0.15, -0.1) is 0 Å². The average molecular weight is 262 g/mol. The van der Waals surface area contributed by atoms with Gasteiger partial charge < -0.3 is 10.5 Å². The monoisotopic (exact) mass is 262 g/mol. The third-order valence-corrected chi connectivity index (χ3v) is 4.18. The quantitative estimate of drug-likeness (QED) is 0.826. The van der Waals surface area contributed by atoms with E-state index in [4.69, 9.17) is 10.5 Å². The number of nitrogen functional groups attached to an aromatic ring is 1. The van der Waals surface area contributed by atoms with Crippen LogP contribution in [0.2, 0.25) is 0 Å². The molecule has 1 aliphatic carbocycles. The van der Waals surface area contributed by atoms with Gasteiger partial charge in [0, 0.05) is 12.6 Å². The zero-order chi connectivity index (χ0) is 13.7. The minimum absolute atomic E-state index is 0.736. The molecule has 0 aromatic heterocycles. The number of hydrogen-bond donors (Lipinski definition) is 1. The van der Waals surface area contributed by atoms with Crippen molar-refractivity contribution in [3.05, 3.63) is 23.8 Å². The molecule has 0 saturated heterocycles. The first kappa shape index (κ1) is 14.2. The number of hydrogen-bond acceptors (Lipinski definition) is 3. The Morgan fingerprint density at radius 1 is 1.26 bits per heavy atom. The van der Waals surface area contributed by atoms with Crippen molar-refractivity contribution in [1.82, 2.24) is 4.90 Å². The topological polar surface area (TPSA) is 38.5 Å². The molecule has 3 nitrogen and oxygen atoms in total. The number of nitrogens with two attached hydrogens (primary N) is 1. The fourth-order valence-electron chi connectivity index (χ4n) is 3.06. The molecule has 3 heteroatoms. The number of rotatable bonds is 5. The van der Waals surface area contributed by atoms with Crippen LogP contribution >= 0.6 is 0 Å². The molecule has 0 spiro atoms. The second-order valence-corrected chi connectivity index (χ2v) is 5.43. The molecule has 0 amide bonds. The van der Waals surface area contributed by atoms with Crippen LogP contribution in [0.1, 0.15) is 44.6 Å². The summed E-state index contributed by atoms with van der Waals surface area (Å²) in [6.45, 7) is 4.35. The predicted octanol–water partition coefficient (Wildman–Crippen LogP) is 3.43. The Bertz CT molecular complexity index is 400. The van der Waals surface area contributed by atoms with E-state index in [-0.39, 0.29) is 0 Å². The maximum absolute atomic E-state index is 5.98. The number of nitrogens with zero attached hydrogens (tertiary/aromatic N) is 1. The van der Waals surface area contributed by atoms with E-state index in [0.717, 1.165) is 30.6 Å². The second kappa shape index (κ2) is 6.80. The van der Waals surface area contributed by atoms with E-state index in [0.29, 0.717) is 0 Å². The molecular weight excluding hydrogens is 236 g/mol. The summed E-state index contributed by atoms with van der Waals surface area (Å²) in [5.41, 5.74) is 8.00. The van der Waals surface area contributed by atoms with Crippen molar-refractivity contribution in [2.45, 2.75) is 51.6 Å². The summed E-state index contributed by atoms with van der Waals surface area (Å²) in [7, 11) is 1.66. The zero-order valence-electron chi connectivity index (χ0n) is 12.2. The highest BCUT2D eigenvalue weighted by Gasteiger charge is 2.20. The summed E-state index contributed by atoms with van der Waals surface area (Å²) in [4.78, 5) is 2.58. The van der Waals surface area contributed by atoms with Gasteiger partial charge in [0.25, 0.3) is 0 Å². The van der Waals surface area contributed by atoms with Crippen molar-refractivity contribution in [2.75, 3.05) is 19.4 Å². The second-order valence-electron chi connectivity index (χ2n) is 5.43. The molecule has 2 N–H and O–H groups in total. The van der Waals surface area contributed by atoms with Crippen LogP contribution in [0.15, 0.2) is 18.2 Å². The first-order valence-corrected chi connectivity index (χ1v) is 7.41. The molecule has 0 bridgehead atoms. The summed E-state index contributed by atoms with van der Waals surface area (Å²) < 4.78 is 5.21. The average Bonchev–Trinajstić information content (AvgIpc) is 2.46. The Balaban J connectivity index is 2.03. The number of methoxy groups -OCH3 is 1. The number of ether oxygens (including phenoxy) is 1. The summed E-state index contributed by atoms with van der Waals surface area (Å²) in [5, 5.41) is 0. The minimum atomic E-state index is 0.736. The molecule has 1 fully saturated rings. The normalized spacial score (nSPS) is 16.8. The highest BCUT2D eigenvalue weighted by Crippen LogP contribution is 2.26. The van der Waals surface area contributed by atoms with Gasteiger partial charge in [-0.25, -0.2) is 0 Å². The molecule has 0 aliphatic heterocycles. The van der Waals surface area contributed by atoms with E-state index in [1.807, 2.05) is 12.1 Å². The lowest BCUT2D eigenvalue weighted by Crippen LogP contribution is -2.36. The summed E-state index contributed by atoms with van der Waals surface area (Å²) >= 11 is 0. The number of anilines is 1. The highest BCUT2D eigenvalue weighted by molar-refractivity contribution is 5.54. The van der Waals surface area contributed by atoms with Gasteiger partial charge in [0.15, 0.2) is 0 Å². The Morgan fingerprint density at radius 3 is 2.58 bits per heavy atom. The molecule has 1 aliphatic rings. The lowest BCUT2D eigenvalue weighted by atomic mass is 9.94. The maximum Gasteiger partial charge on any atom is 0.141 e. The Hall–Kier alpha value is -1.22. The third-order valence-electron chi connectivity index (χ3n) is 4.18. The maximum atomic E-state index is 5.98. The molecule has 1 saturated carbocycles. The van der Waals surface area contributed by atoms with Gasteiger partial charge in [-0.1, -0.05) is 32.3 Å². The molecule has 0 unspecified atom stereocenters. The first-order valence-electron chi connectivity index (χ1n) is 7.41. The predicted molar refractivity (Wildman–Crippen MR) is 80.4 cm³/mol. The van der Waals surface area contributed by atoms with Crippen LogP contribution in [0.3, 0.4) is 0 Å². The largest absolute Gasteiger partial charge is 0.495 e. The van der Waals surface area contributed by atoms with Gasteiger partial charge in [0.05, 0.1) is 12.8 Å².